The van der Waals surface area contributed by atoms with Crippen molar-refractivity contribution in [2.45, 2.75) is 37.8 Å². The van der Waals surface area contributed by atoms with E-state index in [-0.39, 0.29) is 6.04 Å². The Morgan fingerprint density at radius 3 is 2.79 bits per heavy atom. The lowest BCUT2D eigenvalue weighted by Crippen LogP contribution is -2.34. The van der Waals surface area contributed by atoms with Crippen molar-refractivity contribution >= 4 is 0 Å². The van der Waals surface area contributed by atoms with E-state index in [0.717, 1.165) is 30.7 Å². The lowest BCUT2D eigenvalue weighted by Gasteiger charge is -2.24. The van der Waals surface area contributed by atoms with Crippen molar-refractivity contribution in [2.75, 3.05) is 20.8 Å². The van der Waals surface area contributed by atoms with Gasteiger partial charge < -0.3 is 19.9 Å². The zero-order valence-electron chi connectivity index (χ0n) is 11.7. The zero-order chi connectivity index (χ0) is 13.7. The monoisotopic (exact) mass is 265 g/mol. The first-order valence-corrected chi connectivity index (χ1v) is 6.89. The van der Waals surface area contributed by atoms with Crippen molar-refractivity contribution in [1.82, 2.24) is 5.32 Å². The summed E-state index contributed by atoms with van der Waals surface area (Å²) in [4.78, 5) is 0. The smallest absolute Gasteiger partial charge is 0.128 e. The van der Waals surface area contributed by atoms with Gasteiger partial charge in [0.15, 0.2) is 0 Å². The molecule has 0 amide bonds. The Kier molecular flexibility index (Phi) is 5.05. The van der Waals surface area contributed by atoms with Gasteiger partial charge in [-0.1, -0.05) is 12.8 Å². The van der Waals surface area contributed by atoms with Crippen LogP contribution < -0.4 is 14.8 Å². The average Bonchev–Trinajstić information content (AvgIpc) is 2.74. The fraction of sp³-hybridized carbons (Fsp3) is 0.600. The molecule has 2 unspecified atom stereocenters. The maximum atomic E-state index is 10.6. The number of methoxy groups -OCH3 is 2. The number of benzene rings is 1. The molecule has 0 saturated carbocycles. The molecule has 1 fully saturated rings. The van der Waals surface area contributed by atoms with E-state index in [9.17, 15) is 5.11 Å². The predicted molar refractivity (Wildman–Crippen MR) is 74.8 cm³/mol. The van der Waals surface area contributed by atoms with Crippen LogP contribution in [0.15, 0.2) is 18.2 Å². The van der Waals surface area contributed by atoms with Gasteiger partial charge in [0.05, 0.1) is 20.3 Å². The Hall–Kier alpha value is -1.26. The van der Waals surface area contributed by atoms with Crippen LogP contribution in [-0.2, 0) is 0 Å². The number of hydrogen-bond acceptors (Lipinski definition) is 4. The van der Waals surface area contributed by atoms with E-state index in [1.165, 1.54) is 12.8 Å². The molecule has 106 valence electrons. The molecule has 1 aliphatic rings. The molecule has 2 atom stereocenters. The third-order valence-corrected chi connectivity index (χ3v) is 3.74. The van der Waals surface area contributed by atoms with Crippen LogP contribution in [0.4, 0.5) is 0 Å². The SMILES string of the molecule is COc1ccc(C(O)C2CCCCCN2)c(OC)c1. The highest BCUT2D eigenvalue weighted by Gasteiger charge is 2.24. The average molecular weight is 265 g/mol. The summed E-state index contributed by atoms with van der Waals surface area (Å²) in [6.07, 6.45) is 4.03. The highest BCUT2D eigenvalue weighted by molar-refractivity contribution is 5.42. The van der Waals surface area contributed by atoms with E-state index < -0.39 is 6.10 Å². The second kappa shape index (κ2) is 6.78. The Balaban J connectivity index is 2.19. The molecule has 0 bridgehead atoms. The molecule has 1 heterocycles. The van der Waals surface area contributed by atoms with Crippen LogP contribution in [0.25, 0.3) is 0 Å². The van der Waals surface area contributed by atoms with E-state index in [1.54, 1.807) is 14.2 Å². The summed E-state index contributed by atoms with van der Waals surface area (Å²) < 4.78 is 10.5. The summed E-state index contributed by atoms with van der Waals surface area (Å²) in [6.45, 7) is 0.972. The largest absolute Gasteiger partial charge is 0.497 e. The summed E-state index contributed by atoms with van der Waals surface area (Å²) in [5.74, 6) is 1.42. The van der Waals surface area contributed by atoms with Crippen molar-refractivity contribution in [3.8, 4) is 11.5 Å². The highest BCUT2D eigenvalue weighted by Crippen LogP contribution is 2.32. The lowest BCUT2D eigenvalue weighted by atomic mass is 9.97. The van der Waals surface area contributed by atoms with Crippen LogP contribution in [0, 0.1) is 0 Å². The van der Waals surface area contributed by atoms with Crippen LogP contribution in [0.5, 0.6) is 11.5 Å². The third-order valence-electron chi connectivity index (χ3n) is 3.74. The second-order valence-electron chi connectivity index (χ2n) is 4.96. The summed E-state index contributed by atoms with van der Waals surface area (Å²) >= 11 is 0. The van der Waals surface area contributed by atoms with E-state index in [4.69, 9.17) is 9.47 Å². The van der Waals surface area contributed by atoms with Gasteiger partial charge in [0.1, 0.15) is 11.5 Å². The van der Waals surface area contributed by atoms with E-state index in [1.807, 2.05) is 18.2 Å². The Morgan fingerprint density at radius 1 is 1.21 bits per heavy atom. The van der Waals surface area contributed by atoms with Crippen LogP contribution in [-0.4, -0.2) is 31.9 Å². The van der Waals surface area contributed by atoms with Crippen LogP contribution in [0.3, 0.4) is 0 Å². The minimum absolute atomic E-state index is 0.102. The molecule has 0 aliphatic carbocycles. The van der Waals surface area contributed by atoms with Crippen LogP contribution in [0.2, 0.25) is 0 Å². The lowest BCUT2D eigenvalue weighted by molar-refractivity contribution is 0.123. The van der Waals surface area contributed by atoms with Gasteiger partial charge in [-0.2, -0.15) is 0 Å². The van der Waals surface area contributed by atoms with Gasteiger partial charge in [-0.3, -0.25) is 0 Å². The van der Waals surface area contributed by atoms with Gasteiger partial charge in [-0.15, -0.1) is 0 Å². The zero-order valence-corrected chi connectivity index (χ0v) is 11.7. The van der Waals surface area contributed by atoms with Gasteiger partial charge in [0.2, 0.25) is 0 Å². The van der Waals surface area contributed by atoms with Gasteiger partial charge in [-0.25, -0.2) is 0 Å². The number of aliphatic hydroxyl groups excluding tert-OH is 1. The Bertz CT molecular complexity index is 400. The van der Waals surface area contributed by atoms with Crippen molar-refractivity contribution in [2.24, 2.45) is 0 Å². The van der Waals surface area contributed by atoms with Crippen molar-refractivity contribution in [3.05, 3.63) is 23.8 Å². The van der Waals surface area contributed by atoms with Crippen LogP contribution >= 0.6 is 0 Å². The molecule has 0 aromatic heterocycles. The fourth-order valence-electron chi connectivity index (χ4n) is 2.60. The van der Waals surface area contributed by atoms with Gasteiger partial charge in [0, 0.05) is 17.7 Å². The topological polar surface area (TPSA) is 50.7 Å². The molecule has 1 aromatic carbocycles. The highest BCUT2D eigenvalue weighted by atomic mass is 16.5. The fourth-order valence-corrected chi connectivity index (χ4v) is 2.60. The van der Waals surface area contributed by atoms with Gasteiger partial charge >= 0.3 is 0 Å². The first-order chi connectivity index (χ1) is 9.26. The summed E-state index contributed by atoms with van der Waals surface area (Å²) in [5, 5.41) is 14.0. The first kappa shape index (κ1) is 14.2. The number of ether oxygens (including phenoxy) is 2. The molecule has 2 N–H and O–H groups in total. The summed E-state index contributed by atoms with van der Waals surface area (Å²) in [7, 11) is 3.24. The molecule has 0 spiro atoms. The predicted octanol–water partition coefficient (Wildman–Crippen LogP) is 2.27. The maximum absolute atomic E-state index is 10.6. The van der Waals surface area contributed by atoms with Crippen molar-refractivity contribution < 1.29 is 14.6 Å². The molecule has 1 aliphatic heterocycles. The minimum Gasteiger partial charge on any atom is -0.497 e. The summed E-state index contributed by atoms with van der Waals surface area (Å²) in [6, 6.07) is 5.66. The van der Waals surface area contributed by atoms with E-state index in [2.05, 4.69) is 5.32 Å². The minimum atomic E-state index is -0.543. The second-order valence-corrected chi connectivity index (χ2v) is 4.96. The molecular weight excluding hydrogens is 242 g/mol. The third kappa shape index (κ3) is 3.39. The van der Waals surface area contributed by atoms with Crippen molar-refractivity contribution in [3.63, 3.8) is 0 Å². The quantitative estimate of drug-likeness (QED) is 0.877. The van der Waals surface area contributed by atoms with E-state index >= 15 is 0 Å². The standard InChI is InChI=1S/C15H23NO3/c1-18-11-7-8-12(14(10-11)19-2)15(17)13-6-4-3-5-9-16-13/h7-8,10,13,15-17H,3-6,9H2,1-2H3. The molecule has 4 nitrogen and oxygen atoms in total. The number of rotatable bonds is 4. The van der Waals surface area contributed by atoms with Crippen molar-refractivity contribution in [1.29, 1.82) is 0 Å². The molecular formula is C15H23NO3. The Morgan fingerprint density at radius 2 is 2.05 bits per heavy atom. The molecule has 19 heavy (non-hydrogen) atoms. The van der Waals surface area contributed by atoms with Crippen LogP contribution in [0.1, 0.15) is 37.4 Å². The number of aliphatic hydroxyl groups is 1. The molecule has 2 rings (SSSR count). The maximum Gasteiger partial charge on any atom is 0.128 e. The molecule has 1 saturated heterocycles. The summed E-state index contributed by atoms with van der Waals surface area (Å²) in [5.41, 5.74) is 0.822. The molecule has 0 radical (unpaired) electrons. The first-order valence-electron chi connectivity index (χ1n) is 6.89. The molecule has 4 heteroatoms. The normalized spacial score (nSPS) is 21.5. The van der Waals surface area contributed by atoms with E-state index in [0.29, 0.717) is 5.75 Å². The van der Waals surface area contributed by atoms with Gasteiger partial charge in [-0.05, 0) is 31.5 Å². The number of hydrogen-bond donors (Lipinski definition) is 2. The van der Waals surface area contributed by atoms with Gasteiger partial charge in [0.25, 0.3) is 0 Å². The number of nitrogens with one attached hydrogen (secondary N) is 1. The molecule has 1 aromatic rings. The Labute approximate surface area is 114 Å².